The normalized spacial score (nSPS) is 14.9. The molecule has 0 bridgehead atoms. The van der Waals surface area contributed by atoms with Crippen LogP contribution in [-0.4, -0.2) is 4.98 Å². The van der Waals surface area contributed by atoms with E-state index in [2.05, 4.69) is 11.1 Å². The van der Waals surface area contributed by atoms with Crippen molar-refractivity contribution in [3.8, 4) is 11.3 Å². The van der Waals surface area contributed by atoms with Gasteiger partial charge < -0.3 is 0 Å². The van der Waals surface area contributed by atoms with Gasteiger partial charge >= 0.3 is 0 Å². The predicted molar refractivity (Wildman–Crippen MR) is 70.9 cm³/mol. The molecule has 1 heterocycles. The van der Waals surface area contributed by atoms with E-state index < -0.39 is 0 Å². The molecule has 0 unspecified atom stereocenters. The molecule has 0 amide bonds. The van der Waals surface area contributed by atoms with Crippen LogP contribution in [0.1, 0.15) is 30.4 Å². The molecule has 3 rings (SSSR count). The van der Waals surface area contributed by atoms with Gasteiger partial charge in [0.25, 0.3) is 0 Å². The van der Waals surface area contributed by atoms with Crippen LogP contribution in [0.15, 0.2) is 36.5 Å². The predicted octanol–water partition coefficient (Wildman–Crippen LogP) is 4.16. The Labute approximate surface area is 107 Å². The van der Waals surface area contributed by atoms with E-state index >= 15 is 0 Å². The Kier molecular flexibility index (Phi) is 3.09. The van der Waals surface area contributed by atoms with Gasteiger partial charge in [-0.15, -0.1) is 0 Å². The maximum atomic E-state index is 13.0. The largest absolute Gasteiger partial charge is 0.256 e. The fourth-order valence-corrected chi connectivity index (χ4v) is 2.70. The molecule has 92 valence electrons. The second-order valence-corrected chi connectivity index (χ2v) is 4.86. The van der Waals surface area contributed by atoms with Crippen molar-refractivity contribution >= 4 is 0 Å². The van der Waals surface area contributed by atoms with Crippen LogP contribution in [0.25, 0.3) is 11.3 Å². The van der Waals surface area contributed by atoms with Gasteiger partial charge in [-0.1, -0.05) is 6.42 Å². The summed E-state index contributed by atoms with van der Waals surface area (Å²) in [4.78, 5) is 4.51. The maximum absolute atomic E-state index is 13.0. The molecule has 0 N–H and O–H groups in total. The highest BCUT2D eigenvalue weighted by molar-refractivity contribution is 5.64. The van der Waals surface area contributed by atoms with Crippen LogP contribution in [0.4, 0.5) is 4.39 Å². The molecule has 0 saturated carbocycles. The zero-order chi connectivity index (χ0) is 12.4. The van der Waals surface area contributed by atoms with E-state index in [1.807, 2.05) is 18.3 Å². The molecule has 1 aliphatic rings. The minimum absolute atomic E-state index is 0.194. The van der Waals surface area contributed by atoms with E-state index in [9.17, 15) is 4.39 Å². The molecule has 0 radical (unpaired) electrons. The van der Waals surface area contributed by atoms with Crippen molar-refractivity contribution in [2.24, 2.45) is 0 Å². The summed E-state index contributed by atoms with van der Waals surface area (Å²) in [5.74, 6) is -0.194. The summed E-state index contributed by atoms with van der Waals surface area (Å²) in [5, 5.41) is 0. The Hall–Kier alpha value is -1.70. The fourth-order valence-electron chi connectivity index (χ4n) is 2.70. The number of benzene rings is 1. The highest BCUT2D eigenvalue weighted by atomic mass is 19.1. The van der Waals surface area contributed by atoms with Gasteiger partial charge in [-0.25, -0.2) is 4.39 Å². The molecule has 1 nitrogen and oxygen atoms in total. The van der Waals surface area contributed by atoms with E-state index in [0.717, 1.165) is 24.1 Å². The Bertz CT molecular complexity index is 546. The molecular formula is C16H16FN. The zero-order valence-corrected chi connectivity index (χ0v) is 10.3. The van der Waals surface area contributed by atoms with Crippen LogP contribution in [0.5, 0.6) is 0 Å². The number of aromatic nitrogens is 1. The molecule has 0 atom stereocenters. The first-order valence-corrected chi connectivity index (χ1v) is 6.57. The fraction of sp³-hybridized carbons (Fsp3) is 0.312. The summed E-state index contributed by atoms with van der Waals surface area (Å²) in [6.07, 6.45) is 7.90. The van der Waals surface area contributed by atoms with Gasteiger partial charge in [-0.05, 0) is 67.1 Å². The molecule has 2 heteroatoms. The summed E-state index contributed by atoms with van der Waals surface area (Å²) in [5.41, 5.74) is 4.84. The van der Waals surface area contributed by atoms with E-state index in [0.29, 0.717) is 0 Å². The molecule has 1 aliphatic carbocycles. The smallest absolute Gasteiger partial charge is 0.123 e. The quantitative estimate of drug-likeness (QED) is 0.683. The van der Waals surface area contributed by atoms with Crippen molar-refractivity contribution in [3.63, 3.8) is 0 Å². The van der Waals surface area contributed by atoms with E-state index in [1.165, 1.54) is 42.5 Å². The molecule has 0 saturated heterocycles. The summed E-state index contributed by atoms with van der Waals surface area (Å²) in [7, 11) is 0. The number of aryl methyl sites for hydroxylation is 1. The van der Waals surface area contributed by atoms with Crippen molar-refractivity contribution in [2.45, 2.75) is 32.1 Å². The third-order valence-electron chi connectivity index (χ3n) is 3.64. The first-order valence-electron chi connectivity index (χ1n) is 6.57. The number of nitrogens with zero attached hydrogens (tertiary/aromatic N) is 1. The lowest BCUT2D eigenvalue weighted by Gasteiger charge is -2.11. The SMILES string of the molecule is Fc1ccc(-c2nccc3c2CCCCC3)cc1. The number of halogens is 1. The lowest BCUT2D eigenvalue weighted by atomic mass is 9.98. The van der Waals surface area contributed by atoms with Gasteiger partial charge in [0, 0.05) is 11.8 Å². The number of rotatable bonds is 1. The van der Waals surface area contributed by atoms with E-state index in [1.54, 1.807) is 0 Å². The second kappa shape index (κ2) is 4.89. The standard InChI is InChI=1S/C16H16FN/c17-14-8-6-13(7-9-14)16-15-5-3-1-2-4-12(15)10-11-18-16/h6-11H,1-5H2. The van der Waals surface area contributed by atoms with Crippen LogP contribution in [0.2, 0.25) is 0 Å². The van der Waals surface area contributed by atoms with Crippen LogP contribution in [0.3, 0.4) is 0 Å². The van der Waals surface area contributed by atoms with Gasteiger partial charge in [0.1, 0.15) is 5.82 Å². The Morgan fingerprint density at radius 1 is 0.889 bits per heavy atom. The monoisotopic (exact) mass is 241 g/mol. The molecule has 1 aromatic carbocycles. The number of hydrogen-bond donors (Lipinski definition) is 0. The second-order valence-electron chi connectivity index (χ2n) is 4.86. The average molecular weight is 241 g/mol. The third kappa shape index (κ3) is 2.15. The number of fused-ring (bicyclic) bond motifs is 1. The van der Waals surface area contributed by atoms with Crippen molar-refractivity contribution in [1.29, 1.82) is 0 Å². The van der Waals surface area contributed by atoms with Crippen molar-refractivity contribution in [2.75, 3.05) is 0 Å². The molecule has 0 spiro atoms. The van der Waals surface area contributed by atoms with Gasteiger partial charge in [-0.2, -0.15) is 0 Å². The summed E-state index contributed by atoms with van der Waals surface area (Å²) < 4.78 is 13.0. The Morgan fingerprint density at radius 2 is 1.67 bits per heavy atom. The topological polar surface area (TPSA) is 12.9 Å². The van der Waals surface area contributed by atoms with Crippen LogP contribution < -0.4 is 0 Å². The molecule has 2 aromatic rings. The van der Waals surface area contributed by atoms with Crippen LogP contribution in [-0.2, 0) is 12.8 Å². The van der Waals surface area contributed by atoms with Gasteiger partial charge in [-0.3, -0.25) is 4.98 Å². The lowest BCUT2D eigenvalue weighted by Crippen LogP contribution is -1.97. The van der Waals surface area contributed by atoms with E-state index in [-0.39, 0.29) is 5.82 Å². The number of pyridine rings is 1. The molecule has 18 heavy (non-hydrogen) atoms. The Morgan fingerprint density at radius 3 is 2.50 bits per heavy atom. The Balaban J connectivity index is 2.09. The zero-order valence-electron chi connectivity index (χ0n) is 10.3. The molecule has 1 aromatic heterocycles. The first kappa shape index (κ1) is 11.4. The lowest BCUT2D eigenvalue weighted by molar-refractivity contribution is 0.628. The van der Waals surface area contributed by atoms with Crippen LogP contribution >= 0.6 is 0 Å². The van der Waals surface area contributed by atoms with Crippen molar-refractivity contribution in [1.82, 2.24) is 4.98 Å². The van der Waals surface area contributed by atoms with Gasteiger partial charge in [0.2, 0.25) is 0 Å². The average Bonchev–Trinajstić information content (AvgIpc) is 2.64. The van der Waals surface area contributed by atoms with Gasteiger partial charge in [0.15, 0.2) is 0 Å². The highest BCUT2D eigenvalue weighted by Gasteiger charge is 2.14. The highest BCUT2D eigenvalue weighted by Crippen LogP contribution is 2.29. The first-order chi connectivity index (χ1) is 8.84. The van der Waals surface area contributed by atoms with Crippen LogP contribution in [0, 0.1) is 5.82 Å². The maximum Gasteiger partial charge on any atom is 0.123 e. The summed E-state index contributed by atoms with van der Waals surface area (Å²) in [6, 6.07) is 8.79. The molecular weight excluding hydrogens is 225 g/mol. The minimum atomic E-state index is -0.194. The molecule has 0 aliphatic heterocycles. The minimum Gasteiger partial charge on any atom is -0.256 e. The number of hydrogen-bond acceptors (Lipinski definition) is 1. The third-order valence-corrected chi connectivity index (χ3v) is 3.64. The van der Waals surface area contributed by atoms with Gasteiger partial charge in [0.05, 0.1) is 5.69 Å². The van der Waals surface area contributed by atoms with E-state index in [4.69, 9.17) is 0 Å². The van der Waals surface area contributed by atoms with Crippen molar-refractivity contribution in [3.05, 3.63) is 53.5 Å². The van der Waals surface area contributed by atoms with Crippen molar-refractivity contribution < 1.29 is 4.39 Å². The summed E-state index contributed by atoms with van der Waals surface area (Å²) in [6.45, 7) is 0. The molecule has 0 fully saturated rings. The summed E-state index contributed by atoms with van der Waals surface area (Å²) >= 11 is 0.